The van der Waals surface area contributed by atoms with Crippen LogP contribution in [0.2, 0.25) is 5.02 Å². The summed E-state index contributed by atoms with van der Waals surface area (Å²) in [6.07, 6.45) is -5.38. The zero-order valence-corrected chi connectivity index (χ0v) is 22.4. The summed E-state index contributed by atoms with van der Waals surface area (Å²) in [7, 11) is 0. The summed E-state index contributed by atoms with van der Waals surface area (Å²) in [5.74, 6) is -1.15. The van der Waals surface area contributed by atoms with Crippen molar-refractivity contribution < 1.29 is 27.8 Å². The van der Waals surface area contributed by atoms with Crippen LogP contribution in [0.15, 0.2) is 48.5 Å². The van der Waals surface area contributed by atoms with E-state index in [2.05, 4.69) is 15.3 Å². The van der Waals surface area contributed by atoms with E-state index in [0.717, 1.165) is 0 Å². The van der Waals surface area contributed by atoms with Gasteiger partial charge in [-0.15, -0.1) is 0 Å². The molecule has 3 heterocycles. The van der Waals surface area contributed by atoms with E-state index in [-0.39, 0.29) is 39.0 Å². The van der Waals surface area contributed by atoms with E-state index in [9.17, 15) is 28.3 Å². The zero-order valence-electron chi connectivity index (χ0n) is 21.7. The Labute approximate surface area is 238 Å². The van der Waals surface area contributed by atoms with Crippen molar-refractivity contribution in [2.24, 2.45) is 5.41 Å². The van der Waals surface area contributed by atoms with Crippen LogP contribution in [0.3, 0.4) is 0 Å². The molecule has 2 unspecified atom stereocenters. The standard InChI is InChI=1S/C28H26ClF3N6O3/c29-18-4-5-19(20(11-18)17-3-1-2-16(10-17)14-33)24(28(30,31)32)41-23-12-22(36-26(34)37-23)38-8-6-27(7-9-38)13-21(25(39)40)35-15-27/h1-5,10-12,21,24,35H,6-9,13,15H2,(H,39,40)(H2,34,36,37). The van der Waals surface area contributed by atoms with Crippen molar-refractivity contribution in [2.75, 3.05) is 30.3 Å². The van der Waals surface area contributed by atoms with Crippen molar-refractivity contribution in [3.05, 3.63) is 64.7 Å². The highest BCUT2D eigenvalue weighted by Crippen LogP contribution is 2.43. The maximum Gasteiger partial charge on any atom is 0.429 e. The predicted molar refractivity (Wildman–Crippen MR) is 145 cm³/mol. The molecule has 4 N–H and O–H groups in total. The van der Waals surface area contributed by atoms with Gasteiger partial charge in [-0.25, -0.2) is 0 Å². The van der Waals surface area contributed by atoms with Gasteiger partial charge in [0.25, 0.3) is 0 Å². The van der Waals surface area contributed by atoms with Crippen LogP contribution >= 0.6 is 11.6 Å². The fourth-order valence-electron chi connectivity index (χ4n) is 5.53. The number of carboxylic acids is 1. The van der Waals surface area contributed by atoms with Gasteiger partial charge >= 0.3 is 12.1 Å². The zero-order chi connectivity index (χ0) is 29.4. The van der Waals surface area contributed by atoms with Gasteiger partial charge in [-0.3, -0.25) is 4.79 Å². The fraction of sp³-hybridized carbons (Fsp3) is 0.357. The van der Waals surface area contributed by atoms with Gasteiger partial charge in [-0.05, 0) is 60.1 Å². The second-order valence-electron chi connectivity index (χ2n) is 10.3. The number of hydrogen-bond donors (Lipinski definition) is 3. The first kappa shape index (κ1) is 28.4. The van der Waals surface area contributed by atoms with Gasteiger partial charge in [0.15, 0.2) is 0 Å². The number of carbonyl (C=O) groups is 1. The number of alkyl halides is 3. The van der Waals surface area contributed by atoms with Gasteiger partial charge in [-0.2, -0.15) is 28.4 Å². The average molecular weight is 587 g/mol. The number of aliphatic carboxylic acids is 1. The lowest BCUT2D eigenvalue weighted by molar-refractivity contribution is -0.198. The number of nitriles is 1. The molecule has 5 rings (SSSR count). The number of hydrogen-bond acceptors (Lipinski definition) is 8. The second kappa shape index (κ2) is 11.1. The molecule has 2 atom stereocenters. The van der Waals surface area contributed by atoms with E-state index in [1.54, 1.807) is 18.2 Å². The summed E-state index contributed by atoms with van der Waals surface area (Å²) in [5, 5.41) is 21.9. The Morgan fingerprint density at radius 1 is 1.22 bits per heavy atom. The number of nitrogens with one attached hydrogen (secondary N) is 1. The summed E-state index contributed by atoms with van der Waals surface area (Å²) in [6, 6.07) is 12.9. The first-order valence-electron chi connectivity index (χ1n) is 12.9. The third kappa shape index (κ3) is 6.16. The number of nitrogens with two attached hydrogens (primary N) is 1. The first-order valence-corrected chi connectivity index (χ1v) is 13.2. The number of halogens is 4. The molecule has 2 fully saturated rings. The van der Waals surface area contributed by atoms with E-state index in [1.165, 1.54) is 30.3 Å². The minimum atomic E-state index is -4.84. The Balaban J connectivity index is 1.42. The van der Waals surface area contributed by atoms with Gasteiger partial charge in [0.2, 0.25) is 17.9 Å². The van der Waals surface area contributed by atoms with Gasteiger partial charge < -0.3 is 25.8 Å². The van der Waals surface area contributed by atoms with E-state index in [1.807, 2.05) is 11.0 Å². The topological polar surface area (TPSA) is 137 Å². The minimum absolute atomic E-state index is 0.158. The molecule has 2 aliphatic rings. The normalized spacial score (nSPS) is 19.1. The summed E-state index contributed by atoms with van der Waals surface area (Å²) < 4.78 is 49.0. The van der Waals surface area contributed by atoms with Crippen LogP contribution in [0.5, 0.6) is 5.88 Å². The lowest BCUT2D eigenvalue weighted by atomic mass is 9.76. The monoisotopic (exact) mass is 586 g/mol. The highest BCUT2D eigenvalue weighted by Gasteiger charge is 2.46. The Hall–Kier alpha value is -4.08. The van der Waals surface area contributed by atoms with Crippen LogP contribution in [-0.4, -0.2) is 52.9 Å². The molecule has 2 aromatic carbocycles. The lowest BCUT2D eigenvalue weighted by Gasteiger charge is -2.39. The molecule has 0 bridgehead atoms. The molecule has 41 heavy (non-hydrogen) atoms. The highest BCUT2D eigenvalue weighted by atomic mass is 35.5. The van der Waals surface area contributed by atoms with Crippen LogP contribution in [0, 0.1) is 16.7 Å². The van der Waals surface area contributed by atoms with E-state index < -0.39 is 24.3 Å². The maximum absolute atomic E-state index is 14.5. The molecule has 1 spiro atoms. The summed E-state index contributed by atoms with van der Waals surface area (Å²) in [4.78, 5) is 21.4. The Bertz CT molecular complexity index is 1500. The van der Waals surface area contributed by atoms with Crippen molar-refractivity contribution in [3.8, 4) is 23.1 Å². The third-order valence-corrected chi connectivity index (χ3v) is 7.88. The molecule has 0 amide bonds. The summed E-state index contributed by atoms with van der Waals surface area (Å²) in [5.41, 5.74) is 6.33. The molecule has 1 aromatic heterocycles. The van der Waals surface area contributed by atoms with Crippen LogP contribution in [0.1, 0.15) is 36.5 Å². The number of piperidine rings is 1. The highest BCUT2D eigenvalue weighted by molar-refractivity contribution is 6.30. The minimum Gasteiger partial charge on any atom is -0.480 e. The molecule has 13 heteroatoms. The molecule has 9 nitrogen and oxygen atoms in total. The number of aromatic nitrogens is 2. The van der Waals surface area contributed by atoms with Crippen molar-refractivity contribution in [3.63, 3.8) is 0 Å². The van der Waals surface area contributed by atoms with Gasteiger partial charge in [0, 0.05) is 36.3 Å². The van der Waals surface area contributed by atoms with Gasteiger partial charge in [0.1, 0.15) is 11.9 Å². The number of nitrogen functional groups attached to an aromatic ring is 1. The summed E-state index contributed by atoms with van der Waals surface area (Å²) in [6.45, 7) is 1.62. The molecule has 2 saturated heterocycles. The average Bonchev–Trinajstić information content (AvgIpc) is 3.35. The number of ether oxygens (including phenoxy) is 1. The number of nitrogens with zero attached hydrogens (tertiary/aromatic N) is 4. The maximum atomic E-state index is 14.5. The molecule has 0 saturated carbocycles. The molecule has 0 aliphatic carbocycles. The third-order valence-electron chi connectivity index (χ3n) is 7.65. The number of benzene rings is 2. The quantitative estimate of drug-likeness (QED) is 0.366. The van der Waals surface area contributed by atoms with Gasteiger partial charge in [0.05, 0.1) is 11.6 Å². The SMILES string of the molecule is N#Cc1cccc(-c2cc(Cl)ccc2C(Oc2cc(N3CCC4(CC3)CNC(C(=O)O)C4)nc(N)n2)C(F)(F)F)c1. The second-order valence-corrected chi connectivity index (χ2v) is 10.8. The Kier molecular flexibility index (Phi) is 7.68. The molecular weight excluding hydrogens is 561 g/mol. The van der Waals surface area contributed by atoms with Crippen LogP contribution in [0.4, 0.5) is 24.9 Å². The van der Waals surface area contributed by atoms with Crippen LogP contribution in [-0.2, 0) is 4.79 Å². The molecule has 214 valence electrons. The van der Waals surface area contributed by atoms with Gasteiger partial charge in [-0.1, -0.05) is 29.8 Å². The van der Waals surface area contributed by atoms with Crippen LogP contribution in [0.25, 0.3) is 11.1 Å². The number of rotatable bonds is 6. The van der Waals surface area contributed by atoms with Crippen molar-refractivity contribution in [1.29, 1.82) is 5.26 Å². The van der Waals surface area contributed by atoms with Crippen molar-refractivity contribution >= 4 is 29.3 Å². The van der Waals surface area contributed by atoms with Crippen LogP contribution < -0.4 is 20.7 Å². The van der Waals surface area contributed by atoms with Crippen molar-refractivity contribution in [1.82, 2.24) is 15.3 Å². The van der Waals surface area contributed by atoms with E-state index in [0.29, 0.717) is 50.3 Å². The Morgan fingerprint density at radius 3 is 2.63 bits per heavy atom. The Morgan fingerprint density at radius 2 is 1.98 bits per heavy atom. The number of carboxylic acid groups (broad SMARTS) is 1. The first-order chi connectivity index (χ1) is 19.5. The molecule has 0 radical (unpaired) electrons. The predicted octanol–water partition coefficient (Wildman–Crippen LogP) is 4.97. The van der Waals surface area contributed by atoms with E-state index >= 15 is 0 Å². The number of anilines is 2. The van der Waals surface area contributed by atoms with E-state index in [4.69, 9.17) is 22.1 Å². The molecular formula is C28H26ClF3N6O3. The van der Waals surface area contributed by atoms with Crippen molar-refractivity contribution in [2.45, 2.75) is 37.6 Å². The molecule has 2 aliphatic heterocycles. The largest absolute Gasteiger partial charge is 0.480 e. The molecule has 3 aromatic rings. The lowest BCUT2D eigenvalue weighted by Crippen LogP contribution is -2.41. The fourth-order valence-corrected chi connectivity index (χ4v) is 5.70. The smallest absolute Gasteiger partial charge is 0.429 e. The summed E-state index contributed by atoms with van der Waals surface area (Å²) >= 11 is 6.15.